The number of sulfonamides is 1. The lowest BCUT2D eigenvalue weighted by Crippen LogP contribution is -2.30. The van der Waals surface area contributed by atoms with Gasteiger partial charge in [-0.05, 0) is 35.3 Å². The van der Waals surface area contributed by atoms with Crippen LogP contribution in [0.5, 0.6) is 0 Å². The summed E-state index contributed by atoms with van der Waals surface area (Å²) in [7, 11) is -6.33. The molecule has 41 heavy (non-hydrogen) atoms. The van der Waals surface area contributed by atoms with E-state index in [4.69, 9.17) is 15.7 Å². The van der Waals surface area contributed by atoms with E-state index in [0.717, 1.165) is 19.3 Å². The molecule has 1 amide bonds. The van der Waals surface area contributed by atoms with Gasteiger partial charge in [-0.3, -0.25) is 4.79 Å². The molecule has 0 aliphatic heterocycles. The van der Waals surface area contributed by atoms with Gasteiger partial charge < -0.3 is 10.8 Å². The van der Waals surface area contributed by atoms with Gasteiger partial charge in [0.15, 0.2) is 0 Å². The van der Waals surface area contributed by atoms with E-state index in [9.17, 15) is 17.8 Å². The average molecular weight is 610 g/mol. The third kappa shape index (κ3) is 18.0. The minimum absolute atomic E-state index is 0.0570. The van der Waals surface area contributed by atoms with Crippen LogP contribution in [0.2, 0.25) is 0 Å². The van der Waals surface area contributed by atoms with Crippen molar-refractivity contribution < 1.29 is 27.8 Å². The monoisotopic (exact) mass is 609 g/mol. The molecule has 0 fully saturated rings. The molecular formula is C31H50N2O6PS+. The van der Waals surface area contributed by atoms with Crippen molar-refractivity contribution in [2.45, 2.75) is 120 Å². The Morgan fingerprint density at radius 3 is 1.66 bits per heavy atom. The molecule has 10 heteroatoms. The van der Waals surface area contributed by atoms with Crippen LogP contribution < -0.4 is 10.5 Å². The van der Waals surface area contributed by atoms with E-state index >= 15 is 0 Å². The Morgan fingerprint density at radius 1 is 0.780 bits per heavy atom. The second-order valence-electron chi connectivity index (χ2n) is 10.4. The second kappa shape index (κ2) is 22.3. The van der Waals surface area contributed by atoms with Gasteiger partial charge in [-0.1, -0.05) is 127 Å². The van der Waals surface area contributed by atoms with Gasteiger partial charge in [0, 0.05) is 17.7 Å². The number of aliphatic hydroxyl groups is 1. The van der Waals surface area contributed by atoms with Crippen LogP contribution in [0.3, 0.4) is 0 Å². The van der Waals surface area contributed by atoms with Crippen LogP contribution >= 0.6 is 8.03 Å². The van der Waals surface area contributed by atoms with E-state index in [1.54, 1.807) is 30.3 Å². The van der Waals surface area contributed by atoms with Crippen LogP contribution in [0.4, 0.5) is 5.69 Å². The minimum atomic E-state index is -3.80. The zero-order chi connectivity index (χ0) is 30.3. The van der Waals surface area contributed by atoms with Crippen LogP contribution in [0.25, 0.3) is 0 Å². The predicted molar refractivity (Wildman–Crippen MR) is 167 cm³/mol. The normalized spacial score (nSPS) is 12.2. The van der Waals surface area contributed by atoms with Crippen molar-refractivity contribution in [3.05, 3.63) is 60.2 Å². The van der Waals surface area contributed by atoms with Gasteiger partial charge in [-0.15, -0.1) is 0 Å². The quantitative estimate of drug-likeness (QED) is 0.0682. The number of anilines is 1. The lowest BCUT2D eigenvalue weighted by Gasteiger charge is -2.07. The molecule has 2 aromatic rings. The number of unbranched alkanes of at least 4 members (excludes halogenated alkanes) is 14. The van der Waals surface area contributed by atoms with E-state index < -0.39 is 29.8 Å². The van der Waals surface area contributed by atoms with Crippen molar-refractivity contribution in [3.63, 3.8) is 0 Å². The fourth-order valence-corrected chi connectivity index (χ4v) is 5.76. The number of nitrogen functional groups attached to an aromatic ring is 1. The number of hydrogen-bond donors (Lipinski definition) is 4. The number of amides is 1. The summed E-state index contributed by atoms with van der Waals surface area (Å²) in [6.45, 7) is 2.26. The molecule has 0 radical (unpaired) electrons. The van der Waals surface area contributed by atoms with E-state index in [0.29, 0.717) is 11.3 Å². The highest BCUT2D eigenvalue weighted by molar-refractivity contribution is 7.90. The first-order chi connectivity index (χ1) is 19.7. The predicted octanol–water partition coefficient (Wildman–Crippen LogP) is 7.75. The fraction of sp³-hybridized carbons (Fsp3) is 0.581. The number of carbonyl (C=O) groups is 1. The Bertz CT molecular complexity index is 1080. The third-order valence-corrected chi connectivity index (χ3v) is 8.86. The molecule has 0 aliphatic rings. The van der Waals surface area contributed by atoms with Crippen LogP contribution in [0.1, 0.15) is 121 Å². The van der Waals surface area contributed by atoms with Crippen molar-refractivity contribution in [2.75, 3.05) is 5.73 Å². The van der Waals surface area contributed by atoms with Gasteiger partial charge >= 0.3 is 13.9 Å². The second-order valence-corrected chi connectivity index (χ2v) is 13.2. The number of rotatable bonds is 20. The lowest BCUT2D eigenvalue weighted by molar-refractivity contribution is -0.119. The van der Waals surface area contributed by atoms with Crippen LogP contribution in [0.15, 0.2) is 59.5 Å². The van der Waals surface area contributed by atoms with Crippen molar-refractivity contribution in [1.82, 2.24) is 4.72 Å². The molecule has 230 valence electrons. The Morgan fingerprint density at radius 2 is 1.22 bits per heavy atom. The molecule has 2 unspecified atom stereocenters. The number of carbonyl (C=O) groups excluding carboxylic acids is 1. The summed E-state index contributed by atoms with van der Waals surface area (Å²) < 4.78 is 36.8. The Hall–Kier alpha value is -2.32. The standard InChI is InChI=1S/C24H42N2O3S.C7H7O3P/c1-2-3-4-5-6-7-8-9-10-11-12-13-14-15-16-17-24(27)26-30(28,29)23-20-18-22(25)19-21-23;8-7(11(9)10)6-4-2-1-3-5-6/h18-21H,2-17,25H2,1H3,(H,26,27);1-5,7-8H/p+1. The zero-order valence-electron chi connectivity index (χ0n) is 24.5. The smallest absolute Gasteiger partial charge is 0.399 e. The van der Waals surface area contributed by atoms with Crippen LogP contribution in [-0.2, 0) is 19.4 Å². The number of benzene rings is 2. The largest absolute Gasteiger partial charge is 0.542 e. The van der Waals surface area contributed by atoms with Gasteiger partial charge in [0.2, 0.25) is 5.91 Å². The topological polar surface area (TPSA) is 147 Å². The first kappa shape index (κ1) is 36.7. The first-order valence-corrected chi connectivity index (χ1v) is 17.7. The highest BCUT2D eigenvalue weighted by atomic mass is 32.2. The average Bonchev–Trinajstić information content (AvgIpc) is 2.95. The van der Waals surface area contributed by atoms with Crippen molar-refractivity contribution >= 4 is 29.6 Å². The van der Waals surface area contributed by atoms with E-state index in [-0.39, 0.29) is 11.3 Å². The fourth-order valence-electron chi connectivity index (χ4n) is 4.32. The zero-order valence-corrected chi connectivity index (χ0v) is 26.3. The maximum absolute atomic E-state index is 12.1. The van der Waals surface area contributed by atoms with Crippen molar-refractivity contribution in [1.29, 1.82) is 0 Å². The summed E-state index contributed by atoms with van der Waals surface area (Å²) in [5.41, 5.74) is 6.51. The Labute approximate surface area is 248 Å². The van der Waals surface area contributed by atoms with Gasteiger partial charge in [0.1, 0.15) is 0 Å². The number of aliphatic hydroxyl groups excluding tert-OH is 1. The SMILES string of the molecule is CCCCCCCCCCCCCCCCCC(=O)NS(=O)(=O)c1ccc(N)cc1.O=[P+](O)C(O)c1ccccc1. The highest BCUT2D eigenvalue weighted by Gasteiger charge is 2.27. The molecule has 2 rings (SSSR count). The van der Waals surface area contributed by atoms with E-state index in [2.05, 4.69) is 11.6 Å². The Balaban J connectivity index is 0.000000634. The maximum atomic E-state index is 12.1. The summed E-state index contributed by atoms with van der Waals surface area (Å²) in [6, 6.07) is 14.2. The molecule has 0 bridgehead atoms. The number of hydrogen-bond acceptors (Lipinski definition) is 6. The van der Waals surface area contributed by atoms with Crippen LogP contribution in [0, 0.1) is 0 Å². The first-order valence-electron chi connectivity index (χ1n) is 15.0. The molecule has 0 spiro atoms. The highest BCUT2D eigenvalue weighted by Crippen LogP contribution is 2.34. The Kier molecular flexibility index (Phi) is 20.0. The van der Waals surface area contributed by atoms with E-state index in [1.807, 2.05) is 0 Å². The molecule has 0 saturated heterocycles. The van der Waals surface area contributed by atoms with Gasteiger partial charge in [-0.25, -0.2) is 13.1 Å². The molecule has 0 aromatic heterocycles. The molecule has 0 aliphatic carbocycles. The summed E-state index contributed by atoms with van der Waals surface area (Å²) in [5.74, 6) is -1.70. The number of nitrogens with two attached hydrogens (primary N) is 1. The lowest BCUT2D eigenvalue weighted by atomic mass is 10.0. The molecule has 2 atom stereocenters. The minimum Gasteiger partial charge on any atom is -0.399 e. The van der Waals surface area contributed by atoms with Gasteiger partial charge in [0.25, 0.3) is 10.0 Å². The van der Waals surface area contributed by atoms with Gasteiger partial charge in [0.05, 0.1) is 4.90 Å². The third-order valence-electron chi connectivity index (χ3n) is 6.75. The molecule has 5 N–H and O–H groups in total. The summed E-state index contributed by atoms with van der Waals surface area (Å²) in [6.07, 6.45) is 19.2. The summed E-state index contributed by atoms with van der Waals surface area (Å²) in [5, 5.41) is 9.06. The maximum Gasteiger partial charge on any atom is 0.542 e. The molecule has 2 aromatic carbocycles. The summed E-state index contributed by atoms with van der Waals surface area (Å²) >= 11 is 0. The van der Waals surface area contributed by atoms with Gasteiger partial charge in [-0.2, -0.15) is 4.89 Å². The molecular weight excluding hydrogens is 559 g/mol. The summed E-state index contributed by atoms with van der Waals surface area (Å²) in [4.78, 5) is 20.5. The molecule has 0 heterocycles. The van der Waals surface area contributed by atoms with E-state index in [1.165, 1.54) is 101 Å². The van der Waals surface area contributed by atoms with Crippen molar-refractivity contribution in [3.8, 4) is 0 Å². The molecule has 8 nitrogen and oxygen atoms in total. The van der Waals surface area contributed by atoms with Crippen molar-refractivity contribution in [2.24, 2.45) is 0 Å². The van der Waals surface area contributed by atoms with Crippen LogP contribution in [-0.4, -0.2) is 24.3 Å². The number of nitrogens with one attached hydrogen (secondary N) is 1. The molecule has 0 saturated carbocycles.